The molecule has 0 atom stereocenters. The Bertz CT molecular complexity index is 482. The molecule has 0 radical (unpaired) electrons. The van der Waals surface area contributed by atoms with Crippen molar-refractivity contribution in [3.05, 3.63) is 35.9 Å². The molecule has 2 N–H and O–H groups in total. The van der Waals surface area contributed by atoms with Crippen LogP contribution >= 0.6 is 0 Å². The second-order valence-electron chi connectivity index (χ2n) is 5.50. The number of carboxylic acids is 1. The van der Waals surface area contributed by atoms with Crippen molar-refractivity contribution in [3.8, 4) is 0 Å². The van der Waals surface area contributed by atoms with E-state index in [1.165, 1.54) is 0 Å². The zero-order chi connectivity index (χ0) is 15.1. The summed E-state index contributed by atoms with van der Waals surface area (Å²) in [6, 6.07) is 9.80. The molecule has 1 saturated carbocycles. The molecule has 114 valence electrons. The molecule has 1 amide bonds. The molecule has 1 aromatic carbocycles. The first-order valence-corrected chi connectivity index (χ1v) is 7.24. The van der Waals surface area contributed by atoms with E-state index in [0.29, 0.717) is 32.6 Å². The molecule has 1 aromatic rings. The number of amides is 1. The van der Waals surface area contributed by atoms with Gasteiger partial charge in [0, 0.05) is 13.0 Å². The van der Waals surface area contributed by atoms with Gasteiger partial charge in [-0.05, 0) is 18.4 Å². The number of ether oxygens (including phenoxy) is 1. The minimum Gasteiger partial charge on any atom is -0.481 e. The van der Waals surface area contributed by atoms with Crippen LogP contribution in [0.4, 0.5) is 0 Å². The smallest absolute Gasteiger partial charge is 0.310 e. The highest BCUT2D eigenvalue weighted by Crippen LogP contribution is 2.44. The van der Waals surface area contributed by atoms with Gasteiger partial charge in [0.1, 0.15) is 0 Å². The number of hydrogen-bond donors (Lipinski definition) is 2. The van der Waals surface area contributed by atoms with Crippen LogP contribution in [0.15, 0.2) is 30.3 Å². The first-order valence-electron chi connectivity index (χ1n) is 7.24. The third kappa shape index (κ3) is 4.29. The molecule has 1 aliphatic rings. The number of rotatable bonds is 8. The fraction of sp³-hybridized carbons (Fsp3) is 0.500. The minimum atomic E-state index is -0.857. The van der Waals surface area contributed by atoms with Gasteiger partial charge in [-0.1, -0.05) is 36.8 Å². The zero-order valence-corrected chi connectivity index (χ0v) is 12.0. The molecule has 0 unspecified atom stereocenters. The van der Waals surface area contributed by atoms with Crippen molar-refractivity contribution >= 4 is 11.9 Å². The second-order valence-corrected chi connectivity index (χ2v) is 5.50. The molecule has 0 aromatic heterocycles. The van der Waals surface area contributed by atoms with Gasteiger partial charge in [-0.15, -0.1) is 0 Å². The van der Waals surface area contributed by atoms with Gasteiger partial charge in [0.25, 0.3) is 0 Å². The Balaban J connectivity index is 1.60. The van der Waals surface area contributed by atoms with Crippen LogP contribution < -0.4 is 5.32 Å². The summed E-state index contributed by atoms with van der Waals surface area (Å²) in [5, 5.41) is 11.9. The molecule has 5 heteroatoms. The van der Waals surface area contributed by atoms with Gasteiger partial charge in [-0.2, -0.15) is 0 Å². The Morgan fingerprint density at radius 2 is 1.95 bits per heavy atom. The van der Waals surface area contributed by atoms with Crippen LogP contribution in [0.3, 0.4) is 0 Å². The lowest BCUT2D eigenvalue weighted by Crippen LogP contribution is -2.43. The molecule has 1 aliphatic carbocycles. The number of benzene rings is 1. The Labute approximate surface area is 124 Å². The Kier molecular flexibility index (Phi) is 5.33. The Morgan fingerprint density at radius 3 is 2.52 bits per heavy atom. The average molecular weight is 291 g/mol. The van der Waals surface area contributed by atoms with Crippen LogP contribution in [-0.2, 0) is 20.9 Å². The average Bonchev–Trinajstić information content (AvgIpc) is 2.43. The minimum absolute atomic E-state index is 0.0705. The monoisotopic (exact) mass is 291 g/mol. The van der Waals surface area contributed by atoms with Crippen LogP contribution in [0.5, 0.6) is 0 Å². The van der Waals surface area contributed by atoms with Crippen LogP contribution in [0.25, 0.3) is 0 Å². The summed E-state index contributed by atoms with van der Waals surface area (Å²) in [6.45, 7) is 1.33. The molecule has 2 rings (SSSR count). The Hall–Kier alpha value is -1.88. The maximum absolute atomic E-state index is 11.8. The molecule has 1 fully saturated rings. The van der Waals surface area contributed by atoms with Crippen molar-refractivity contribution < 1.29 is 19.4 Å². The molecular weight excluding hydrogens is 270 g/mol. The van der Waals surface area contributed by atoms with E-state index in [1.807, 2.05) is 30.3 Å². The van der Waals surface area contributed by atoms with E-state index < -0.39 is 11.4 Å². The first kappa shape index (κ1) is 15.5. The largest absolute Gasteiger partial charge is 0.481 e. The van der Waals surface area contributed by atoms with Gasteiger partial charge >= 0.3 is 5.97 Å². The van der Waals surface area contributed by atoms with E-state index in [0.717, 1.165) is 12.0 Å². The molecule has 0 saturated heterocycles. The summed E-state index contributed by atoms with van der Waals surface area (Å²) in [5.74, 6) is -1.07. The van der Waals surface area contributed by atoms with E-state index in [-0.39, 0.29) is 12.3 Å². The highest BCUT2D eigenvalue weighted by molar-refractivity contribution is 5.85. The molecular formula is C16H21NO4. The maximum atomic E-state index is 11.8. The predicted octanol–water partition coefficient (Wildman–Crippen LogP) is 1.96. The molecule has 5 nitrogen and oxygen atoms in total. The lowest BCUT2D eigenvalue weighted by molar-refractivity contribution is -0.157. The SMILES string of the molecule is O=C(CC1(C(=O)O)CCC1)NCCOCc1ccccc1. The number of hydrogen-bond acceptors (Lipinski definition) is 3. The lowest BCUT2D eigenvalue weighted by Gasteiger charge is -2.36. The van der Waals surface area contributed by atoms with Gasteiger partial charge in [-0.25, -0.2) is 0 Å². The fourth-order valence-corrected chi connectivity index (χ4v) is 2.47. The standard InChI is InChI=1S/C16H21NO4/c18-14(11-16(15(19)20)7-4-8-16)17-9-10-21-12-13-5-2-1-3-6-13/h1-3,5-6H,4,7-12H2,(H,17,18)(H,19,20). The Morgan fingerprint density at radius 1 is 1.24 bits per heavy atom. The van der Waals surface area contributed by atoms with Crippen LogP contribution in [0.1, 0.15) is 31.2 Å². The third-order valence-corrected chi connectivity index (χ3v) is 3.94. The molecule has 0 spiro atoms. The van der Waals surface area contributed by atoms with Crippen LogP contribution in [0.2, 0.25) is 0 Å². The summed E-state index contributed by atoms with van der Waals surface area (Å²) in [6.07, 6.45) is 2.15. The number of nitrogens with one attached hydrogen (secondary N) is 1. The number of carbonyl (C=O) groups excluding carboxylic acids is 1. The lowest BCUT2D eigenvalue weighted by atomic mass is 9.66. The summed E-state index contributed by atoms with van der Waals surface area (Å²) in [7, 11) is 0. The van der Waals surface area contributed by atoms with Crippen molar-refractivity contribution in [2.24, 2.45) is 5.41 Å². The van der Waals surface area contributed by atoms with Crippen LogP contribution in [-0.4, -0.2) is 30.1 Å². The molecule has 0 heterocycles. The summed E-state index contributed by atoms with van der Waals surface area (Å²) >= 11 is 0. The van der Waals surface area contributed by atoms with Gasteiger partial charge in [-0.3, -0.25) is 9.59 Å². The van der Waals surface area contributed by atoms with E-state index in [1.54, 1.807) is 0 Å². The van der Waals surface area contributed by atoms with Crippen molar-refractivity contribution in [1.82, 2.24) is 5.32 Å². The van der Waals surface area contributed by atoms with Crippen molar-refractivity contribution in [2.45, 2.75) is 32.3 Å². The van der Waals surface area contributed by atoms with Gasteiger partial charge in [0.15, 0.2) is 0 Å². The molecule has 21 heavy (non-hydrogen) atoms. The van der Waals surface area contributed by atoms with Crippen molar-refractivity contribution in [3.63, 3.8) is 0 Å². The van der Waals surface area contributed by atoms with Crippen molar-refractivity contribution in [1.29, 1.82) is 0 Å². The van der Waals surface area contributed by atoms with E-state index >= 15 is 0 Å². The number of carbonyl (C=O) groups is 2. The first-order chi connectivity index (χ1) is 10.1. The van der Waals surface area contributed by atoms with Crippen molar-refractivity contribution in [2.75, 3.05) is 13.2 Å². The van der Waals surface area contributed by atoms with Gasteiger partial charge in [0.2, 0.25) is 5.91 Å². The zero-order valence-electron chi connectivity index (χ0n) is 12.0. The molecule has 0 aliphatic heterocycles. The summed E-state index contributed by atoms with van der Waals surface area (Å²) < 4.78 is 5.46. The quantitative estimate of drug-likeness (QED) is 0.718. The van der Waals surface area contributed by atoms with E-state index in [2.05, 4.69) is 5.32 Å². The number of carboxylic acid groups (broad SMARTS) is 1. The maximum Gasteiger partial charge on any atom is 0.310 e. The van der Waals surface area contributed by atoms with E-state index in [4.69, 9.17) is 9.84 Å². The second kappa shape index (κ2) is 7.22. The molecule has 0 bridgehead atoms. The highest BCUT2D eigenvalue weighted by atomic mass is 16.5. The normalized spacial score (nSPS) is 16.0. The third-order valence-electron chi connectivity index (χ3n) is 3.94. The summed E-state index contributed by atoms with van der Waals surface area (Å²) in [4.78, 5) is 22.9. The topological polar surface area (TPSA) is 75.6 Å². The van der Waals surface area contributed by atoms with E-state index in [9.17, 15) is 9.59 Å². The summed E-state index contributed by atoms with van der Waals surface area (Å²) in [5.41, 5.74) is 0.262. The fourth-order valence-electron chi connectivity index (χ4n) is 2.47. The van der Waals surface area contributed by atoms with Crippen LogP contribution in [0, 0.1) is 5.41 Å². The number of aliphatic carboxylic acids is 1. The van der Waals surface area contributed by atoms with Gasteiger partial charge in [0.05, 0.1) is 18.6 Å². The highest BCUT2D eigenvalue weighted by Gasteiger charge is 2.45. The predicted molar refractivity (Wildman–Crippen MR) is 77.6 cm³/mol. The van der Waals surface area contributed by atoms with Gasteiger partial charge < -0.3 is 15.2 Å².